The van der Waals surface area contributed by atoms with E-state index >= 15 is 0 Å². The minimum Gasteiger partial charge on any atom is -0.506 e. The van der Waals surface area contributed by atoms with E-state index in [1.807, 2.05) is 40.7 Å². The zero-order valence-corrected chi connectivity index (χ0v) is 13.8. The first-order valence-corrected chi connectivity index (χ1v) is 8.41. The van der Waals surface area contributed by atoms with E-state index in [1.54, 1.807) is 0 Å². The molecule has 114 valence electrons. The number of aromatic hydroxyl groups is 1. The summed E-state index contributed by atoms with van der Waals surface area (Å²) < 4.78 is 27.1. The molecule has 0 aliphatic rings. The van der Waals surface area contributed by atoms with Crippen LogP contribution in [0.5, 0.6) is 5.75 Å². The van der Waals surface area contributed by atoms with E-state index in [1.165, 1.54) is 6.07 Å². The van der Waals surface area contributed by atoms with E-state index in [9.17, 15) is 13.5 Å². The van der Waals surface area contributed by atoms with Gasteiger partial charge in [0.15, 0.2) is 0 Å². The van der Waals surface area contributed by atoms with Crippen molar-refractivity contribution < 1.29 is 13.5 Å². The van der Waals surface area contributed by atoms with Gasteiger partial charge in [0, 0.05) is 12.1 Å². The molecular formula is C15H25NO3S. The second-order valence-corrected chi connectivity index (χ2v) is 7.90. The second kappa shape index (κ2) is 6.14. The van der Waals surface area contributed by atoms with Crippen molar-refractivity contribution >= 4 is 10.0 Å². The van der Waals surface area contributed by atoms with Gasteiger partial charge in [0.05, 0.1) is 0 Å². The fourth-order valence-corrected chi connectivity index (χ4v) is 3.26. The van der Waals surface area contributed by atoms with Gasteiger partial charge in [-0.3, -0.25) is 0 Å². The van der Waals surface area contributed by atoms with Crippen molar-refractivity contribution in [1.29, 1.82) is 0 Å². The Hall–Kier alpha value is -1.07. The van der Waals surface area contributed by atoms with Crippen LogP contribution in [0.25, 0.3) is 0 Å². The molecule has 1 aromatic rings. The number of sulfonamides is 1. The maximum Gasteiger partial charge on any atom is 0.244 e. The molecule has 20 heavy (non-hydrogen) atoms. The Kier molecular flexibility index (Phi) is 5.21. The summed E-state index contributed by atoms with van der Waals surface area (Å²) in [5, 5.41) is 10.3. The Morgan fingerprint density at radius 1 is 1.25 bits per heavy atom. The van der Waals surface area contributed by atoms with E-state index in [0.29, 0.717) is 12.1 Å². The fraction of sp³-hybridized carbons (Fsp3) is 0.600. The van der Waals surface area contributed by atoms with Crippen LogP contribution < -0.4 is 4.72 Å². The predicted molar refractivity (Wildman–Crippen MR) is 81.6 cm³/mol. The lowest BCUT2D eigenvalue weighted by Gasteiger charge is -2.22. The number of hydrogen-bond donors (Lipinski definition) is 2. The molecule has 0 amide bonds. The van der Waals surface area contributed by atoms with E-state index in [4.69, 9.17) is 0 Å². The fourth-order valence-electron chi connectivity index (χ4n) is 1.98. The minimum atomic E-state index is -3.67. The molecule has 0 fully saturated rings. The molecule has 0 aliphatic heterocycles. The Morgan fingerprint density at radius 3 is 2.35 bits per heavy atom. The van der Waals surface area contributed by atoms with Gasteiger partial charge in [-0.05, 0) is 30.4 Å². The molecule has 0 aliphatic carbocycles. The summed E-state index contributed by atoms with van der Waals surface area (Å²) in [4.78, 5) is -0.0291. The van der Waals surface area contributed by atoms with Gasteiger partial charge in [0.1, 0.15) is 10.6 Å². The summed E-state index contributed by atoms with van der Waals surface area (Å²) in [6.45, 7) is 10.1. The Morgan fingerprint density at radius 2 is 1.85 bits per heavy atom. The third-order valence-electron chi connectivity index (χ3n) is 3.14. The molecule has 5 heteroatoms. The predicted octanol–water partition coefficient (Wildman–Crippen LogP) is 3.08. The van der Waals surface area contributed by atoms with Gasteiger partial charge >= 0.3 is 0 Å². The van der Waals surface area contributed by atoms with Crippen molar-refractivity contribution in [3.05, 3.63) is 23.3 Å². The molecule has 2 N–H and O–H groups in total. The van der Waals surface area contributed by atoms with E-state index in [-0.39, 0.29) is 16.1 Å². The summed E-state index contributed by atoms with van der Waals surface area (Å²) in [5.41, 5.74) is 1.15. The summed E-state index contributed by atoms with van der Waals surface area (Å²) in [6, 6.07) is 3.35. The first kappa shape index (κ1) is 17.0. The number of nitrogens with one attached hydrogen (secondary N) is 1. The van der Waals surface area contributed by atoms with Crippen LogP contribution in [-0.4, -0.2) is 20.1 Å². The van der Waals surface area contributed by atoms with Crippen LogP contribution in [0.15, 0.2) is 17.0 Å². The lowest BCUT2D eigenvalue weighted by Crippen LogP contribution is -2.25. The molecule has 0 saturated heterocycles. The smallest absolute Gasteiger partial charge is 0.244 e. The number of phenols is 1. The van der Waals surface area contributed by atoms with Gasteiger partial charge in [-0.15, -0.1) is 0 Å². The summed E-state index contributed by atoms with van der Waals surface area (Å²) in [6.07, 6.45) is 1.69. The average molecular weight is 299 g/mol. The highest BCUT2D eigenvalue weighted by atomic mass is 32.2. The standard InChI is InChI=1S/C15H25NO3S/c1-6-7-8-16-20(18,19)13-10-11(2)9-12(14(13)17)15(3,4)5/h9-10,16-17H,6-8H2,1-5H3. The SMILES string of the molecule is CCCCNS(=O)(=O)c1cc(C)cc(C(C)(C)C)c1O. The number of aryl methyl sites for hydroxylation is 1. The Bertz CT molecular complexity index is 572. The number of unbranched alkanes of at least 4 members (excludes halogenated alkanes) is 1. The maximum atomic E-state index is 12.3. The van der Waals surface area contributed by atoms with Crippen molar-refractivity contribution in [3.8, 4) is 5.75 Å². The third kappa shape index (κ3) is 3.96. The normalized spacial score (nSPS) is 12.7. The quantitative estimate of drug-likeness (QED) is 0.821. The molecule has 0 aromatic heterocycles. The summed E-state index contributed by atoms with van der Waals surface area (Å²) in [5.74, 6) is -0.146. The van der Waals surface area contributed by atoms with Crippen molar-refractivity contribution in [2.75, 3.05) is 6.54 Å². The van der Waals surface area contributed by atoms with Crippen molar-refractivity contribution in [3.63, 3.8) is 0 Å². The van der Waals surface area contributed by atoms with Gasteiger partial charge in [-0.25, -0.2) is 13.1 Å². The molecule has 0 saturated carbocycles. The zero-order chi connectivity index (χ0) is 15.6. The van der Waals surface area contributed by atoms with Crippen LogP contribution in [0.1, 0.15) is 51.7 Å². The highest BCUT2D eigenvalue weighted by Gasteiger charge is 2.26. The molecule has 1 aromatic carbocycles. The minimum absolute atomic E-state index is 0.0291. The van der Waals surface area contributed by atoms with Gasteiger partial charge in [0.2, 0.25) is 10.0 Å². The Labute approximate surface area is 122 Å². The molecule has 0 bridgehead atoms. The van der Waals surface area contributed by atoms with Crippen molar-refractivity contribution in [1.82, 2.24) is 4.72 Å². The number of rotatable bonds is 5. The first-order valence-electron chi connectivity index (χ1n) is 6.93. The molecule has 0 unspecified atom stereocenters. The summed E-state index contributed by atoms with van der Waals surface area (Å²) in [7, 11) is -3.67. The van der Waals surface area contributed by atoms with Crippen LogP contribution in [0, 0.1) is 6.92 Å². The molecule has 0 heterocycles. The highest BCUT2D eigenvalue weighted by molar-refractivity contribution is 7.89. The van der Waals surface area contributed by atoms with Gasteiger partial charge < -0.3 is 5.11 Å². The van der Waals surface area contributed by atoms with Crippen LogP contribution in [0.2, 0.25) is 0 Å². The lowest BCUT2D eigenvalue weighted by atomic mass is 9.85. The number of benzene rings is 1. The first-order chi connectivity index (χ1) is 9.09. The van der Waals surface area contributed by atoms with Crippen LogP contribution in [0.4, 0.5) is 0 Å². The van der Waals surface area contributed by atoms with Gasteiger partial charge in [-0.2, -0.15) is 0 Å². The van der Waals surface area contributed by atoms with E-state index in [0.717, 1.165) is 18.4 Å². The Balaban J connectivity index is 3.29. The topological polar surface area (TPSA) is 66.4 Å². The zero-order valence-electron chi connectivity index (χ0n) is 12.9. The summed E-state index contributed by atoms with van der Waals surface area (Å²) >= 11 is 0. The van der Waals surface area contributed by atoms with Crippen LogP contribution >= 0.6 is 0 Å². The lowest BCUT2D eigenvalue weighted by molar-refractivity contribution is 0.431. The van der Waals surface area contributed by atoms with E-state index in [2.05, 4.69) is 4.72 Å². The van der Waals surface area contributed by atoms with Crippen molar-refractivity contribution in [2.45, 2.75) is 57.8 Å². The third-order valence-corrected chi connectivity index (χ3v) is 4.61. The molecular weight excluding hydrogens is 274 g/mol. The number of hydrogen-bond acceptors (Lipinski definition) is 3. The van der Waals surface area contributed by atoms with Gasteiger partial charge in [0.25, 0.3) is 0 Å². The number of phenolic OH excluding ortho intramolecular Hbond substituents is 1. The molecule has 1 rings (SSSR count). The molecule has 4 nitrogen and oxygen atoms in total. The van der Waals surface area contributed by atoms with Crippen LogP contribution in [0.3, 0.4) is 0 Å². The average Bonchev–Trinajstić information content (AvgIpc) is 2.30. The molecule has 0 atom stereocenters. The molecule has 0 radical (unpaired) electrons. The van der Waals surface area contributed by atoms with E-state index < -0.39 is 10.0 Å². The second-order valence-electron chi connectivity index (χ2n) is 6.16. The highest BCUT2D eigenvalue weighted by Crippen LogP contribution is 2.36. The largest absolute Gasteiger partial charge is 0.506 e. The van der Waals surface area contributed by atoms with Gasteiger partial charge in [-0.1, -0.05) is 40.2 Å². The van der Waals surface area contributed by atoms with Crippen molar-refractivity contribution in [2.24, 2.45) is 0 Å². The maximum absolute atomic E-state index is 12.3. The monoisotopic (exact) mass is 299 g/mol. The van der Waals surface area contributed by atoms with Crippen LogP contribution in [-0.2, 0) is 15.4 Å². The molecule has 0 spiro atoms.